The second-order valence-electron chi connectivity index (χ2n) is 7.57. The maximum atomic E-state index is 13.3. The maximum absolute atomic E-state index is 13.3. The van der Waals surface area contributed by atoms with Gasteiger partial charge in [0, 0.05) is 5.69 Å². The van der Waals surface area contributed by atoms with Crippen molar-refractivity contribution in [2.24, 2.45) is 0 Å². The molecule has 0 aromatic heterocycles. The van der Waals surface area contributed by atoms with E-state index >= 15 is 0 Å². The largest absolute Gasteiger partial charge is 0.507 e. The molecule has 0 radical (unpaired) electrons. The number of carbonyl (C=O) groups excluding carboxylic acids is 2. The number of methoxy groups -OCH3 is 1. The molecule has 0 saturated carbocycles. The number of amides is 1. The van der Waals surface area contributed by atoms with Crippen molar-refractivity contribution in [1.29, 1.82) is 0 Å². The number of aryl methyl sites for hydroxylation is 2. The van der Waals surface area contributed by atoms with Gasteiger partial charge in [0.15, 0.2) is 0 Å². The smallest absolute Gasteiger partial charge is 0.300 e. The van der Waals surface area contributed by atoms with E-state index in [4.69, 9.17) is 4.74 Å². The highest BCUT2D eigenvalue weighted by atomic mass is 16.5. The number of ether oxygens (including phenoxy) is 1. The van der Waals surface area contributed by atoms with Crippen molar-refractivity contribution in [3.05, 3.63) is 101 Å². The molecule has 4 rings (SSSR count). The standard InChI is InChI=1S/C26H23NO4/c1-16-13-14-17(2)20(15-16)27-23(18-9-5-4-6-10-18)22(25(29)26(27)30)24(28)19-11-7-8-12-21(19)31-3/h4-15,23,28H,1-3H3/b24-22+. The van der Waals surface area contributed by atoms with Crippen molar-refractivity contribution < 1.29 is 19.4 Å². The first-order chi connectivity index (χ1) is 14.9. The minimum absolute atomic E-state index is 0.0432. The Balaban J connectivity index is 2.00. The first kappa shape index (κ1) is 20.4. The summed E-state index contributed by atoms with van der Waals surface area (Å²) in [6.45, 7) is 3.84. The molecule has 5 nitrogen and oxygen atoms in total. The molecule has 1 atom stereocenters. The van der Waals surface area contributed by atoms with Crippen molar-refractivity contribution in [3.63, 3.8) is 0 Å². The third-order valence-corrected chi connectivity index (χ3v) is 5.55. The molecule has 1 N–H and O–H groups in total. The molecule has 1 unspecified atom stereocenters. The Hall–Kier alpha value is -3.86. The molecule has 156 valence electrons. The average molecular weight is 413 g/mol. The molecule has 1 heterocycles. The molecule has 3 aromatic carbocycles. The van der Waals surface area contributed by atoms with Gasteiger partial charge in [-0.2, -0.15) is 0 Å². The number of carbonyl (C=O) groups is 2. The van der Waals surface area contributed by atoms with Crippen molar-refractivity contribution in [3.8, 4) is 5.75 Å². The average Bonchev–Trinajstić information content (AvgIpc) is 3.06. The van der Waals surface area contributed by atoms with Crippen LogP contribution >= 0.6 is 0 Å². The number of rotatable bonds is 4. The van der Waals surface area contributed by atoms with Crippen LogP contribution in [0.2, 0.25) is 0 Å². The minimum Gasteiger partial charge on any atom is -0.507 e. The lowest BCUT2D eigenvalue weighted by molar-refractivity contribution is -0.132. The Morgan fingerprint density at radius 3 is 2.32 bits per heavy atom. The van der Waals surface area contributed by atoms with Gasteiger partial charge in [0.2, 0.25) is 0 Å². The molecular weight excluding hydrogens is 390 g/mol. The normalized spacial score (nSPS) is 17.8. The number of nitrogens with zero attached hydrogens (tertiary/aromatic N) is 1. The van der Waals surface area contributed by atoms with Crippen molar-refractivity contribution in [2.45, 2.75) is 19.9 Å². The SMILES string of the molecule is COc1ccccc1/C(O)=C1\C(=O)C(=O)N(c2cc(C)ccc2C)C1c1ccccc1. The summed E-state index contributed by atoms with van der Waals surface area (Å²) >= 11 is 0. The quantitative estimate of drug-likeness (QED) is 0.374. The predicted molar refractivity (Wildman–Crippen MR) is 120 cm³/mol. The molecule has 0 aliphatic carbocycles. The van der Waals surface area contributed by atoms with E-state index in [1.54, 1.807) is 24.3 Å². The summed E-state index contributed by atoms with van der Waals surface area (Å²) in [5.74, 6) is -1.22. The van der Waals surface area contributed by atoms with E-state index in [1.807, 2.05) is 62.4 Å². The number of ketones is 1. The van der Waals surface area contributed by atoms with E-state index in [0.29, 0.717) is 17.0 Å². The van der Waals surface area contributed by atoms with E-state index in [2.05, 4.69) is 0 Å². The lowest BCUT2D eigenvalue weighted by Crippen LogP contribution is -2.30. The Morgan fingerprint density at radius 1 is 0.935 bits per heavy atom. The van der Waals surface area contributed by atoms with Crippen LogP contribution in [0.4, 0.5) is 5.69 Å². The van der Waals surface area contributed by atoms with Crippen LogP contribution in [-0.4, -0.2) is 23.9 Å². The van der Waals surface area contributed by atoms with E-state index < -0.39 is 17.7 Å². The van der Waals surface area contributed by atoms with Crippen molar-refractivity contribution >= 4 is 23.1 Å². The van der Waals surface area contributed by atoms with Gasteiger partial charge in [-0.3, -0.25) is 14.5 Å². The second kappa shape index (κ2) is 8.11. The second-order valence-corrected chi connectivity index (χ2v) is 7.57. The predicted octanol–water partition coefficient (Wildman–Crippen LogP) is 4.94. The lowest BCUT2D eigenvalue weighted by atomic mass is 9.94. The summed E-state index contributed by atoms with van der Waals surface area (Å²) in [7, 11) is 1.50. The highest BCUT2D eigenvalue weighted by Crippen LogP contribution is 2.44. The van der Waals surface area contributed by atoms with Gasteiger partial charge in [-0.05, 0) is 48.7 Å². The Morgan fingerprint density at radius 2 is 1.61 bits per heavy atom. The van der Waals surface area contributed by atoms with E-state index in [9.17, 15) is 14.7 Å². The van der Waals surface area contributed by atoms with Crippen LogP contribution in [0.1, 0.15) is 28.3 Å². The van der Waals surface area contributed by atoms with Crippen LogP contribution in [0.15, 0.2) is 78.4 Å². The molecule has 3 aromatic rings. The van der Waals surface area contributed by atoms with Crippen LogP contribution in [0.5, 0.6) is 5.75 Å². The third-order valence-electron chi connectivity index (χ3n) is 5.55. The monoisotopic (exact) mass is 413 g/mol. The van der Waals surface area contributed by atoms with Crippen LogP contribution < -0.4 is 9.64 Å². The Bertz CT molecular complexity index is 1200. The molecule has 0 spiro atoms. The number of para-hydroxylation sites is 1. The molecule has 1 aliphatic rings. The zero-order valence-corrected chi connectivity index (χ0v) is 17.6. The van der Waals surface area contributed by atoms with Crippen LogP contribution in [-0.2, 0) is 9.59 Å². The van der Waals surface area contributed by atoms with Crippen LogP contribution in [0.25, 0.3) is 5.76 Å². The minimum atomic E-state index is -0.758. The van der Waals surface area contributed by atoms with E-state index in [0.717, 1.165) is 16.7 Å². The van der Waals surface area contributed by atoms with Gasteiger partial charge in [-0.15, -0.1) is 0 Å². The fourth-order valence-corrected chi connectivity index (χ4v) is 4.00. The van der Waals surface area contributed by atoms with Crippen LogP contribution in [0.3, 0.4) is 0 Å². The van der Waals surface area contributed by atoms with Gasteiger partial charge in [-0.25, -0.2) is 0 Å². The van der Waals surface area contributed by atoms with Gasteiger partial charge < -0.3 is 9.84 Å². The zero-order valence-electron chi connectivity index (χ0n) is 17.6. The number of hydrogen-bond donors (Lipinski definition) is 1. The number of aliphatic hydroxyl groups excluding tert-OH is 1. The fourth-order valence-electron chi connectivity index (χ4n) is 4.00. The number of anilines is 1. The summed E-state index contributed by atoms with van der Waals surface area (Å²) in [5.41, 5.74) is 3.63. The van der Waals surface area contributed by atoms with Gasteiger partial charge in [0.25, 0.3) is 11.7 Å². The molecule has 1 saturated heterocycles. The lowest BCUT2D eigenvalue weighted by Gasteiger charge is -2.27. The summed E-state index contributed by atoms with van der Waals surface area (Å²) in [6.07, 6.45) is 0. The molecule has 1 fully saturated rings. The number of benzene rings is 3. The number of hydrogen-bond acceptors (Lipinski definition) is 4. The Kier molecular flexibility index (Phi) is 5.34. The molecule has 1 aliphatic heterocycles. The molecule has 0 bridgehead atoms. The third kappa shape index (κ3) is 3.48. The van der Waals surface area contributed by atoms with E-state index in [-0.39, 0.29) is 11.3 Å². The van der Waals surface area contributed by atoms with Gasteiger partial charge in [-0.1, -0.05) is 54.6 Å². The Labute approximate surface area is 181 Å². The first-order valence-electron chi connectivity index (χ1n) is 10.0. The van der Waals surface area contributed by atoms with Crippen molar-refractivity contribution in [1.82, 2.24) is 0 Å². The first-order valence-corrected chi connectivity index (χ1v) is 10.0. The van der Waals surface area contributed by atoms with Crippen molar-refractivity contribution in [2.75, 3.05) is 12.0 Å². The summed E-state index contributed by atoms with van der Waals surface area (Å²) in [4.78, 5) is 28.0. The van der Waals surface area contributed by atoms with Crippen LogP contribution in [0, 0.1) is 13.8 Å². The number of Topliss-reactive ketones (excluding diaryl/α,β-unsaturated/α-hetero) is 1. The molecule has 1 amide bonds. The fraction of sp³-hybridized carbons (Fsp3) is 0.154. The zero-order chi connectivity index (χ0) is 22.1. The summed E-state index contributed by atoms with van der Waals surface area (Å²) in [5, 5.41) is 11.2. The highest BCUT2D eigenvalue weighted by Gasteiger charge is 2.47. The van der Waals surface area contributed by atoms with Gasteiger partial charge in [0.1, 0.15) is 11.5 Å². The van der Waals surface area contributed by atoms with Gasteiger partial charge >= 0.3 is 0 Å². The maximum Gasteiger partial charge on any atom is 0.300 e. The number of aliphatic hydroxyl groups is 1. The summed E-state index contributed by atoms with van der Waals surface area (Å²) < 4.78 is 5.37. The van der Waals surface area contributed by atoms with E-state index in [1.165, 1.54) is 12.0 Å². The molecule has 31 heavy (non-hydrogen) atoms. The topological polar surface area (TPSA) is 66.8 Å². The summed E-state index contributed by atoms with van der Waals surface area (Å²) in [6, 6.07) is 21.2. The highest BCUT2D eigenvalue weighted by molar-refractivity contribution is 6.51. The molecular formula is C26H23NO4. The molecule has 5 heteroatoms. The van der Waals surface area contributed by atoms with Gasteiger partial charge in [0.05, 0.1) is 24.3 Å².